The lowest BCUT2D eigenvalue weighted by atomic mass is 10.1. The lowest BCUT2D eigenvalue weighted by molar-refractivity contribution is 0.209. The fourth-order valence-electron chi connectivity index (χ4n) is 2.10. The lowest BCUT2D eigenvalue weighted by Crippen LogP contribution is -2.36. The smallest absolute Gasteiger partial charge is 0.139 e. The molecule has 1 aromatic carbocycles. The van der Waals surface area contributed by atoms with Crippen LogP contribution in [-0.2, 0) is 0 Å². The van der Waals surface area contributed by atoms with Crippen molar-refractivity contribution in [3.05, 3.63) is 29.8 Å². The molecule has 0 aromatic heterocycles. The molecule has 4 heteroatoms. The molecule has 2 aliphatic rings. The summed E-state index contributed by atoms with van der Waals surface area (Å²) in [6.45, 7) is 2.70. The van der Waals surface area contributed by atoms with Crippen LogP contribution in [0.4, 0.5) is 5.69 Å². The van der Waals surface area contributed by atoms with Crippen molar-refractivity contribution < 1.29 is 5.11 Å². The molecule has 3 rings (SSSR count). The molecule has 1 N–H and O–H groups in total. The van der Waals surface area contributed by atoms with E-state index in [0.717, 1.165) is 17.1 Å². The van der Waals surface area contributed by atoms with Crippen LogP contribution in [0, 0.1) is 0 Å². The summed E-state index contributed by atoms with van der Waals surface area (Å²) in [6, 6.07) is 7.93. The summed E-state index contributed by atoms with van der Waals surface area (Å²) in [7, 11) is 0. The van der Waals surface area contributed by atoms with Crippen molar-refractivity contribution in [3.8, 4) is 0 Å². The van der Waals surface area contributed by atoms with Gasteiger partial charge >= 0.3 is 0 Å². The number of hydrogen-bond acceptors (Lipinski definition) is 4. The summed E-state index contributed by atoms with van der Waals surface area (Å²) in [4.78, 5) is 11.0. The number of benzene rings is 1. The van der Waals surface area contributed by atoms with Crippen LogP contribution >= 0.6 is 0 Å². The molecule has 2 heterocycles. The summed E-state index contributed by atoms with van der Waals surface area (Å²) in [6.07, 6.45) is 1.79. The predicted octanol–water partition coefficient (Wildman–Crippen LogP) is 1.17. The molecule has 0 amide bonds. The van der Waals surface area contributed by atoms with E-state index >= 15 is 0 Å². The number of hydrogen-bond donors (Lipinski definition) is 1. The minimum atomic E-state index is -0.404. The van der Waals surface area contributed by atoms with Gasteiger partial charge < -0.3 is 10.0 Å². The van der Waals surface area contributed by atoms with E-state index in [9.17, 15) is 5.11 Å². The van der Waals surface area contributed by atoms with E-state index in [-0.39, 0.29) is 6.61 Å². The Morgan fingerprint density at radius 1 is 1.44 bits per heavy atom. The molecule has 0 spiro atoms. The van der Waals surface area contributed by atoms with Crippen LogP contribution in [0.15, 0.2) is 34.3 Å². The van der Waals surface area contributed by atoms with Crippen molar-refractivity contribution in [2.24, 2.45) is 9.98 Å². The SMILES string of the molecule is CC1(CO)CN2C=Nc3ccccc3C2=N1. The van der Waals surface area contributed by atoms with Crippen LogP contribution < -0.4 is 0 Å². The van der Waals surface area contributed by atoms with Gasteiger partial charge in [0.1, 0.15) is 11.4 Å². The van der Waals surface area contributed by atoms with Gasteiger partial charge in [-0.3, -0.25) is 4.99 Å². The number of rotatable bonds is 1. The minimum absolute atomic E-state index is 0.0585. The fraction of sp³-hybridized carbons (Fsp3) is 0.333. The second kappa shape index (κ2) is 3.15. The van der Waals surface area contributed by atoms with E-state index in [1.165, 1.54) is 0 Å². The molecule has 1 aromatic rings. The second-order valence-corrected chi connectivity index (χ2v) is 4.48. The van der Waals surface area contributed by atoms with E-state index < -0.39 is 5.54 Å². The van der Waals surface area contributed by atoms with Crippen molar-refractivity contribution in [2.45, 2.75) is 12.5 Å². The zero-order chi connectivity index (χ0) is 11.2. The van der Waals surface area contributed by atoms with E-state index in [1.807, 2.05) is 36.1 Å². The highest BCUT2D eigenvalue weighted by atomic mass is 16.3. The number of fused-ring (bicyclic) bond motifs is 3. The largest absolute Gasteiger partial charge is 0.394 e. The number of amidine groups is 1. The number of para-hydroxylation sites is 1. The molecule has 16 heavy (non-hydrogen) atoms. The molecule has 0 aliphatic carbocycles. The van der Waals surface area contributed by atoms with Crippen molar-refractivity contribution in [1.29, 1.82) is 0 Å². The maximum absolute atomic E-state index is 9.34. The quantitative estimate of drug-likeness (QED) is 0.764. The maximum Gasteiger partial charge on any atom is 0.139 e. The Bertz CT molecular complexity index is 495. The average Bonchev–Trinajstić information content (AvgIpc) is 2.67. The number of aliphatic hydroxyl groups is 1. The van der Waals surface area contributed by atoms with Crippen LogP contribution in [0.2, 0.25) is 0 Å². The lowest BCUT2D eigenvalue weighted by Gasteiger charge is -2.22. The Balaban J connectivity index is 2.13. The van der Waals surface area contributed by atoms with Crippen LogP contribution in [-0.4, -0.2) is 40.9 Å². The molecule has 0 fully saturated rings. The first kappa shape index (κ1) is 9.54. The first-order valence-electron chi connectivity index (χ1n) is 5.33. The summed E-state index contributed by atoms with van der Waals surface area (Å²) in [5.74, 6) is 0.919. The number of aliphatic hydroxyl groups excluding tert-OH is 1. The first-order valence-corrected chi connectivity index (χ1v) is 5.33. The second-order valence-electron chi connectivity index (χ2n) is 4.48. The van der Waals surface area contributed by atoms with Gasteiger partial charge in [0, 0.05) is 5.56 Å². The Hall–Kier alpha value is -1.68. The van der Waals surface area contributed by atoms with Gasteiger partial charge in [-0.15, -0.1) is 0 Å². The highest BCUT2D eigenvalue weighted by molar-refractivity contribution is 6.11. The Morgan fingerprint density at radius 2 is 2.25 bits per heavy atom. The van der Waals surface area contributed by atoms with Gasteiger partial charge in [-0.05, 0) is 19.1 Å². The van der Waals surface area contributed by atoms with Crippen molar-refractivity contribution in [2.75, 3.05) is 13.2 Å². The van der Waals surface area contributed by atoms with Crippen LogP contribution in [0.3, 0.4) is 0 Å². The summed E-state index contributed by atoms with van der Waals surface area (Å²) in [5, 5.41) is 9.34. The van der Waals surface area contributed by atoms with Gasteiger partial charge in [0.25, 0.3) is 0 Å². The maximum atomic E-state index is 9.34. The zero-order valence-electron chi connectivity index (χ0n) is 9.09. The van der Waals surface area contributed by atoms with Crippen molar-refractivity contribution in [1.82, 2.24) is 4.90 Å². The van der Waals surface area contributed by atoms with Crippen LogP contribution in [0.25, 0.3) is 0 Å². The normalized spacial score (nSPS) is 26.4. The Labute approximate surface area is 94.0 Å². The molecule has 4 nitrogen and oxygen atoms in total. The predicted molar refractivity (Wildman–Crippen MR) is 63.3 cm³/mol. The van der Waals surface area contributed by atoms with Gasteiger partial charge in [-0.2, -0.15) is 0 Å². The van der Waals surface area contributed by atoms with Crippen molar-refractivity contribution >= 4 is 17.9 Å². The molecule has 1 unspecified atom stereocenters. The monoisotopic (exact) mass is 215 g/mol. The summed E-state index contributed by atoms with van der Waals surface area (Å²) < 4.78 is 0. The van der Waals surface area contributed by atoms with Gasteiger partial charge in [0.05, 0.1) is 25.2 Å². The summed E-state index contributed by atoms with van der Waals surface area (Å²) >= 11 is 0. The molecule has 0 radical (unpaired) electrons. The zero-order valence-corrected chi connectivity index (χ0v) is 9.09. The van der Waals surface area contributed by atoms with E-state index in [2.05, 4.69) is 9.98 Å². The number of aliphatic imine (C=N–C) groups is 2. The van der Waals surface area contributed by atoms with Gasteiger partial charge in [-0.1, -0.05) is 12.1 Å². The molecule has 0 bridgehead atoms. The third kappa shape index (κ3) is 1.27. The Kier molecular flexibility index (Phi) is 1.88. The highest BCUT2D eigenvalue weighted by Gasteiger charge is 2.36. The van der Waals surface area contributed by atoms with E-state index in [4.69, 9.17) is 0 Å². The number of nitrogens with zero attached hydrogens (tertiary/aromatic N) is 3. The molecule has 1 atom stereocenters. The topological polar surface area (TPSA) is 48.2 Å². The first-order chi connectivity index (χ1) is 7.72. The standard InChI is InChI=1S/C12H13N3O/c1-12(7-16)6-15-8-13-10-5-3-2-4-9(10)11(15)14-12/h2-5,8,16H,6-7H2,1H3. The fourth-order valence-corrected chi connectivity index (χ4v) is 2.10. The average molecular weight is 215 g/mol. The summed E-state index contributed by atoms with van der Waals surface area (Å²) in [5.41, 5.74) is 1.58. The van der Waals surface area contributed by atoms with E-state index in [0.29, 0.717) is 6.54 Å². The highest BCUT2D eigenvalue weighted by Crippen LogP contribution is 2.30. The van der Waals surface area contributed by atoms with Crippen LogP contribution in [0.1, 0.15) is 12.5 Å². The molecular formula is C12H13N3O. The third-order valence-electron chi connectivity index (χ3n) is 2.98. The van der Waals surface area contributed by atoms with Gasteiger partial charge in [0.2, 0.25) is 0 Å². The molecule has 2 aliphatic heterocycles. The third-order valence-corrected chi connectivity index (χ3v) is 2.98. The molecule has 0 saturated heterocycles. The van der Waals surface area contributed by atoms with Gasteiger partial charge in [0.15, 0.2) is 0 Å². The molecule has 82 valence electrons. The van der Waals surface area contributed by atoms with Crippen molar-refractivity contribution in [3.63, 3.8) is 0 Å². The minimum Gasteiger partial charge on any atom is -0.394 e. The van der Waals surface area contributed by atoms with Crippen LogP contribution in [0.5, 0.6) is 0 Å². The van der Waals surface area contributed by atoms with Gasteiger partial charge in [-0.25, -0.2) is 4.99 Å². The van der Waals surface area contributed by atoms with E-state index in [1.54, 1.807) is 6.34 Å². The molecular weight excluding hydrogens is 202 g/mol. The molecule has 0 saturated carbocycles. The Morgan fingerprint density at radius 3 is 3.06 bits per heavy atom.